The highest BCUT2D eigenvalue weighted by molar-refractivity contribution is 6.30. The van der Waals surface area contributed by atoms with Crippen LogP contribution in [-0.4, -0.2) is 23.0 Å². The van der Waals surface area contributed by atoms with E-state index >= 15 is 0 Å². The standard InChI is InChI=1S/C27H31ClN2O2/c1-2-3-7-24(30-27(31)20-9-13-21(28)14-10-20)19-11-15-22(16-12-19)32-26-17-18-29-25-8-5-4-6-23(25)26/h4-6,8-10,13-14,17-19,22,24H,2-3,7,11-12,15-16H2,1H3,(H,30,31)/t19-,22-,24?. The normalized spacial score (nSPS) is 19.4. The summed E-state index contributed by atoms with van der Waals surface area (Å²) in [5.41, 5.74) is 1.63. The van der Waals surface area contributed by atoms with E-state index in [0.717, 1.165) is 61.6 Å². The van der Waals surface area contributed by atoms with E-state index in [1.54, 1.807) is 24.3 Å². The number of amides is 1. The molecule has 32 heavy (non-hydrogen) atoms. The smallest absolute Gasteiger partial charge is 0.251 e. The van der Waals surface area contributed by atoms with Crippen molar-refractivity contribution in [2.24, 2.45) is 5.92 Å². The van der Waals surface area contributed by atoms with Gasteiger partial charge in [0, 0.05) is 28.2 Å². The van der Waals surface area contributed by atoms with Crippen molar-refractivity contribution in [1.82, 2.24) is 10.3 Å². The molecule has 1 unspecified atom stereocenters. The molecular formula is C27H31ClN2O2. The maximum Gasteiger partial charge on any atom is 0.251 e. The summed E-state index contributed by atoms with van der Waals surface area (Å²) in [6.45, 7) is 2.20. The van der Waals surface area contributed by atoms with Crippen LogP contribution in [0.3, 0.4) is 0 Å². The minimum atomic E-state index is -0.00982. The van der Waals surface area contributed by atoms with Gasteiger partial charge in [-0.2, -0.15) is 0 Å². The average molecular weight is 451 g/mol. The lowest BCUT2D eigenvalue weighted by Crippen LogP contribution is -2.42. The first-order chi connectivity index (χ1) is 15.6. The van der Waals surface area contributed by atoms with Crippen molar-refractivity contribution in [3.63, 3.8) is 0 Å². The molecule has 1 N–H and O–H groups in total. The van der Waals surface area contributed by atoms with Crippen molar-refractivity contribution in [3.05, 3.63) is 71.4 Å². The summed E-state index contributed by atoms with van der Waals surface area (Å²) >= 11 is 5.97. The van der Waals surface area contributed by atoms with Crippen LogP contribution in [0.15, 0.2) is 60.8 Å². The van der Waals surface area contributed by atoms with Gasteiger partial charge in [0.05, 0.1) is 11.6 Å². The van der Waals surface area contributed by atoms with Crippen molar-refractivity contribution in [3.8, 4) is 5.75 Å². The third-order valence-corrected chi connectivity index (χ3v) is 6.73. The third kappa shape index (κ3) is 5.60. The predicted molar refractivity (Wildman–Crippen MR) is 130 cm³/mol. The van der Waals surface area contributed by atoms with Crippen LogP contribution in [0.25, 0.3) is 10.9 Å². The summed E-state index contributed by atoms with van der Waals surface area (Å²) in [5, 5.41) is 5.02. The summed E-state index contributed by atoms with van der Waals surface area (Å²) in [6, 6.07) is 17.4. The van der Waals surface area contributed by atoms with Gasteiger partial charge < -0.3 is 10.1 Å². The number of nitrogens with one attached hydrogen (secondary N) is 1. The minimum Gasteiger partial charge on any atom is -0.490 e. The van der Waals surface area contributed by atoms with Crippen molar-refractivity contribution in [2.45, 2.75) is 64.0 Å². The number of aromatic nitrogens is 1. The number of ether oxygens (including phenoxy) is 1. The van der Waals surface area contributed by atoms with Gasteiger partial charge in [0.25, 0.3) is 5.91 Å². The lowest BCUT2D eigenvalue weighted by molar-refractivity contribution is 0.0866. The predicted octanol–water partition coefficient (Wildman–Crippen LogP) is 6.81. The largest absolute Gasteiger partial charge is 0.490 e. The van der Waals surface area contributed by atoms with Crippen LogP contribution in [0.2, 0.25) is 5.02 Å². The zero-order valence-corrected chi connectivity index (χ0v) is 19.4. The molecule has 0 radical (unpaired) electrons. The number of halogens is 1. The van der Waals surface area contributed by atoms with E-state index in [9.17, 15) is 4.79 Å². The number of para-hydroxylation sites is 1. The summed E-state index contributed by atoms with van der Waals surface area (Å²) in [5.74, 6) is 1.38. The van der Waals surface area contributed by atoms with E-state index in [1.165, 1.54) is 0 Å². The van der Waals surface area contributed by atoms with Gasteiger partial charge in [0.15, 0.2) is 0 Å². The molecule has 1 atom stereocenters. The van der Waals surface area contributed by atoms with Crippen molar-refractivity contribution >= 4 is 28.4 Å². The molecule has 3 aromatic rings. The first-order valence-electron chi connectivity index (χ1n) is 11.7. The number of unbranched alkanes of at least 4 members (excludes halogenated alkanes) is 1. The van der Waals surface area contributed by atoms with E-state index in [2.05, 4.69) is 23.3 Å². The molecule has 1 aliphatic carbocycles. The summed E-state index contributed by atoms with van der Waals surface area (Å²) in [4.78, 5) is 17.2. The molecule has 2 aromatic carbocycles. The van der Waals surface area contributed by atoms with Crippen LogP contribution in [0.5, 0.6) is 5.75 Å². The first kappa shape index (κ1) is 22.6. The van der Waals surface area contributed by atoms with Gasteiger partial charge in [-0.15, -0.1) is 0 Å². The summed E-state index contributed by atoms with van der Waals surface area (Å²) in [7, 11) is 0. The molecule has 168 valence electrons. The van der Waals surface area contributed by atoms with Gasteiger partial charge in [-0.3, -0.25) is 9.78 Å². The van der Waals surface area contributed by atoms with E-state index < -0.39 is 0 Å². The first-order valence-corrected chi connectivity index (χ1v) is 12.1. The Labute approximate surface area is 195 Å². The van der Waals surface area contributed by atoms with Crippen molar-refractivity contribution in [1.29, 1.82) is 0 Å². The number of fused-ring (bicyclic) bond motifs is 1. The van der Waals surface area contributed by atoms with E-state index in [4.69, 9.17) is 16.3 Å². The Balaban J connectivity index is 1.37. The summed E-state index contributed by atoms with van der Waals surface area (Å²) < 4.78 is 6.40. The molecule has 0 saturated heterocycles. The monoisotopic (exact) mass is 450 g/mol. The topological polar surface area (TPSA) is 51.2 Å². The van der Waals surface area contributed by atoms with Crippen LogP contribution >= 0.6 is 11.6 Å². The fourth-order valence-electron chi connectivity index (χ4n) is 4.66. The highest BCUT2D eigenvalue weighted by Crippen LogP contribution is 2.33. The zero-order valence-electron chi connectivity index (χ0n) is 18.6. The molecule has 1 aromatic heterocycles. The van der Waals surface area contributed by atoms with Crippen LogP contribution in [-0.2, 0) is 0 Å². The Morgan fingerprint density at radius 3 is 2.59 bits per heavy atom. The molecule has 1 aliphatic rings. The molecule has 0 spiro atoms. The minimum absolute atomic E-state index is 0.00982. The number of rotatable bonds is 8. The Kier molecular flexibility index (Phi) is 7.64. The van der Waals surface area contributed by atoms with Crippen LogP contribution in [0.4, 0.5) is 0 Å². The fourth-order valence-corrected chi connectivity index (χ4v) is 4.79. The third-order valence-electron chi connectivity index (χ3n) is 6.48. The van der Waals surface area contributed by atoms with Gasteiger partial charge in [0.2, 0.25) is 0 Å². The number of pyridine rings is 1. The van der Waals surface area contributed by atoms with Gasteiger partial charge in [-0.1, -0.05) is 43.5 Å². The molecule has 1 fully saturated rings. The molecular weight excluding hydrogens is 420 g/mol. The Morgan fingerprint density at radius 1 is 1.09 bits per heavy atom. The van der Waals surface area contributed by atoms with Gasteiger partial charge in [0.1, 0.15) is 5.75 Å². The van der Waals surface area contributed by atoms with E-state index in [-0.39, 0.29) is 18.1 Å². The van der Waals surface area contributed by atoms with Gasteiger partial charge >= 0.3 is 0 Å². The van der Waals surface area contributed by atoms with Crippen LogP contribution in [0, 0.1) is 5.92 Å². The second-order valence-electron chi connectivity index (χ2n) is 8.71. The fraction of sp³-hybridized carbons (Fsp3) is 0.407. The average Bonchev–Trinajstić information content (AvgIpc) is 2.83. The van der Waals surface area contributed by atoms with Crippen LogP contribution < -0.4 is 10.1 Å². The Hall–Kier alpha value is -2.59. The highest BCUT2D eigenvalue weighted by atomic mass is 35.5. The van der Waals surface area contributed by atoms with Crippen molar-refractivity contribution in [2.75, 3.05) is 0 Å². The lowest BCUT2D eigenvalue weighted by atomic mass is 9.80. The number of carbonyl (C=O) groups is 1. The molecule has 4 nitrogen and oxygen atoms in total. The number of carbonyl (C=O) groups excluding carboxylic acids is 1. The van der Waals surface area contributed by atoms with E-state index in [0.29, 0.717) is 16.5 Å². The maximum absolute atomic E-state index is 12.8. The van der Waals surface area contributed by atoms with Gasteiger partial charge in [-0.05, 0) is 80.5 Å². The SMILES string of the molecule is CCCCC(NC(=O)c1ccc(Cl)cc1)[C@H]1CC[C@H](Oc2ccnc3ccccc23)CC1. The number of hydrogen-bond donors (Lipinski definition) is 1. The molecule has 4 rings (SSSR count). The number of hydrogen-bond acceptors (Lipinski definition) is 3. The Morgan fingerprint density at radius 2 is 1.84 bits per heavy atom. The maximum atomic E-state index is 12.8. The zero-order chi connectivity index (χ0) is 22.3. The number of nitrogens with zero attached hydrogens (tertiary/aromatic N) is 1. The quantitative estimate of drug-likeness (QED) is 0.409. The molecule has 1 amide bonds. The van der Waals surface area contributed by atoms with Gasteiger partial charge in [-0.25, -0.2) is 0 Å². The van der Waals surface area contributed by atoms with Crippen molar-refractivity contribution < 1.29 is 9.53 Å². The van der Waals surface area contributed by atoms with Crippen LogP contribution in [0.1, 0.15) is 62.2 Å². The Bertz CT molecular complexity index is 1020. The molecule has 1 heterocycles. The summed E-state index contributed by atoms with van der Waals surface area (Å²) in [6.07, 6.45) is 9.40. The second-order valence-corrected chi connectivity index (χ2v) is 9.15. The molecule has 5 heteroatoms. The molecule has 0 aliphatic heterocycles. The molecule has 1 saturated carbocycles. The lowest BCUT2D eigenvalue weighted by Gasteiger charge is -2.34. The second kappa shape index (κ2) is 10.8. The number of benzene rings is 2. The van der Waals surface area contributed by atoms with E-state index in [1.807, 2.05) is 30.5 Å². The highest BCUT2D eigenvalue weighted by Gasteiger charge is 2.29. The molecule has 0 bridgehead atoms.